The van der Waals surface area contributed by atoms with Gasteiger partial charge in [0.15, 0.2) is 0 Å². The summed E-state index contributed by atoms with van der Waals surface area (Å²) < 4.78 is 2.35. The first-order chi connectivity index (χ1) is 11.8. The minimum atomic E-state index is 0.373. The molecule has 0 bridgehead atoms. The van der Waals surface area contributed by atoms with Crippen molar-refractivity contribution in [2.75, 3.05) is 0 Å². The molecule has 0 aliphatic heterocycles. The number of nitrogens with zero attached hydrogens (tertiary/aromatic N) is 5. The van der Waals surface area contributed by atoms with E-state index in [4.69, 9.17) is 11.3 Å². The number of hydrogen-bond donors (Lipinski definition) is 1. The molecule has 0 atom stereocenters. The Balaban J connectivity index is 0.000000143. The van der Waals surface area contributed by atoms with Gasteiger partial charge in [0, 0.05) is 11.5 Å². The Bertz CT molecular complexity index is 1000. The minimum Gasteiger partial charge on any atom is -0.326 e. The third-order valence-electron chi connectivity index (χ3n) is 3.41. The van der Waals surface area contributed by atoms with Crippen molar-refractivity contribution < 1.29 is 0 Å². The van der Waals surface area contributed by atoms with E-state index in [0.717, 1.165) is 26.9 Å². The summed E-state index contributed by atoms with van der Waals surface area (Å²) in [4.78, 5) is 11.2. The number of fused-ring (bicyclic) bond motifs is 2. The van der Waals surface area contributed by atoms with E-state index >= 15 is 0 Å². The first-order valence-electron chi connectivity index (χ1n) is 7.16. The molecule has 0 unspecified atom stereocenters. The van der Waals surface area contributed by atoms with Crippen LogP contribution in [-0.4, -0.2) is 9.97 Å². The molecule has 0 aliphatic carbocycles. The summed E-state index contributed by atoms with van der Waals surface area (Å²) in [7, 11) is 0. The molecule has 4 rings (SSSR count). The van der Waals surface area contributed by atoms with Crippen LogP contribution in [0.4, 0.5) is 0 Å². The second-order valence-corrected chi connectivity index (χ2v) is 6.60. The minimum absolute atomic E-state index is 0.373. The van der Waals surface area contributed by atoms with Crippen molar-refractivity contribution in [2.45, 2.75) is 13.1 Å². The predicted octanol–water partition coefficient (Wildman–Crippen LogP) is 4.86. The Kier molecular flexibility index (Phi) is 5.35. The van der Waals surface area contributed by atoms with Gasteiger partial charge in [-0.15, -0.1) is 22.7 Å². The van der Waals surface area contributed by atoms with Gasteiger partial charge in [-0.3, -0.25) is 0 Å². The summed E-state index contributed by atoms with van der Waals surface area (Å²) in [5, 5.41) is 3.52. The van der Waals surface area contributed by atoms with E-state index in [0.29, 0.717) is 13.1 Å². The molecule has 0 spiro atoms. The SMILES string of the molecule is NCc1cccc2scnc12.[N-]=[N+]=NCc1cccc2scnc12. The fourth-order valence-electron chi connectivity index (χ4n) is 2.29. The number of benzene rings is 2. The summed E-state index contributed by atoms with van der Waals surface area (Å²) in [5.74, 6) is 0. The highest BCUT2D eigenvalue weighted by Crippen LogP contribution is 2.22. The molecule has 2 heterocycles. The molecule has 2 aromatic heterocycles. The third kappa shape index (κ3) is 3.52. The molecule has 8 heteroatoms. The summed E-state index contributed by atoms with van der Waals surface area (Å²) in [5.41, 5.74) is 21.5. The van der Waals surface area contributed by atoms with E-state index in [2.05, 4.69) is 26.1 Å². The lowest BCUT2D eigenvalue weighted by Gasteiger charge is -1.95. The Morgan fingerprint density at radius 2 is 1.54 bits per heavy atom. The van der Waals surface area contributed by atoms with Gasteiger partial charge in [-0.1, -0.05) is 29.4 Å². The maximum Gasteiger partial charge on any atom is 0.0856 e. The second-order valence-electron chi connectivity index (χ2n) is 4.83. The van der Waals surface area contributed by atoms with Crippen LogP contribution in [0, 0.1) is 0 Å². The van der Waals surface area contributed by atoms with E-state index in [1.54, 1.807) is 28.2 Å². The van der Waals surface area contributed by atoms with Crippen LogP contribution >= 0.6 is 22.7 Å². The van der Waals surface area contributed by atoms with E-state index in [9.17, 15) is 0 Å². The van der Waals surface area contributed by atoms with Crippen molar-refractivity contribution in [1.82, 2.24) is 9.97 Å². The molecule has 2 aromatic carbocycles. The zero-order valence-electron chi connectivity index (χ0n) is 12.7. The highest BCUT2D eigenvalue weighted by Gasteiger charge is 2.01. The second kappa shape index (κ2) is 7.85. The summed E-state index contributed by atoms with van der Waals surface area (Å²) in [6.45, 7) is 0.943. The van der Waals surface area contributed by atoms with Gasteiger partial charge in [0.25, 0.3) is 0 Å². The number of thiazole rings is 2. The molecular formula is C16H14N6S2. The fourth-order valence-corrected chi connectivity index (χ4v) is 3.74. The van der Waals surface area contributed by atoms with Crippen molar-refractivity contribution in [3.63, 3.8) is 0 Å². The van der Waals surface area contributed by atoms with Crippen molar-refractivity contribution in [1.29, 1.82) is 0 Å². The Morgan fingerprint density at radius 1 is 0.958 bits per heavy atom. The number of aromatic nitrogens is 2. The monoisotopic (exact) mass is 354 g/mol. The largest absolute Gasteiger partial charge is 0.326 e. The number of rotatable bonds is 3. The van der Waals surface area contributed by atoms with Crippen molar-refractivity contribution in [3.8, 4) is 0 Å². The highest BCUT2D eigenvalue weighted by atomic mass is 32.1. The third-order valence-corrected chi connectivity index (χ3v) is 5.00. The molecule has 4 aromatic rings. The molecule has 0 aliphatic rings. The average Bonchev–Trinajstić information content (AvgIpc) is 3.29. The average molecular weight is 354 g/mol. The smallest absolute Gasteiger partial charge is 0.0856 e. The van der Waals surface area contributed by atoms with Crippen LogP contribution in [0.25, 0.3) is 30.9 Å². The van der Waals surface area contributed by atoms with Gasteiger partial charge in [-0.2, -0.15) is 0 Å². The predicted molar refractivity (Wildman–Crippen MR) is 100.0 cm³/mol. The maximum absolute atomic E-state index is 8.19. The Labute approximate surface area is 146 Å². The maximum atomic E-state index is 8.19. The first kappa shape index (κ1) is 16.4. The summed E-state index contributed by atoms with van der Waals surface area (Å²) >= 11 is 3.24. The molecule has 6 nitrogen and oxygen atoms in total. The van der Waals surface area contributed by atoms with Crippen molar-refractivity contribution >= 4 is 43.1 Å². The Morgan fingerprint density at radius 3 is 2.12 bits per heavy atom. The quantitative estimate of drug-likeness (QED) is 0.323. The van der Waals surface area contributed by atoms with Crippen LogP contribution in [0.2, 0.25) is 0 Å². The molecule has 0 saturated carbocycles. The van der Waals surface area contributed by atoms with Gasteiger partial charge in [0.05, 0.1) is 38.0 Å². The molecule has 24 heavy (non-hydrogen) atoms. The van der Waals surface area contributed by atoms with Crippen LogP contribution in [0.3, 0.4) is 0 Å². The normalized spacial score (nSPS) is 10.2. The van der Waals surface area contributed by atoms with Gasteiger partial charge in [0.1, 0.15) is 0 Å². The number of hydrogen-bond acceptors (Lipinski definition) is 6. The van der Waals surface area contributed by atoms with Crippen LogP contribution < -0.4 is 5.73 Å². The van der Waals surface area contributed by atoms with Gasteiger partial charge in [-0.25, -0.2) is 9.97 Å². The van der Waals surface area contributed by atoms with Crippen LogP contribution in [0.1, 0.15) is 11.1 Å². The van der Waals surface area contributed by atoms with Crippen LogP contribution in [0.15, 0.2) is 52.5 Å². The van der Waals surface area contributed by atoms with Crippen LogP contribution in [0.5, 0.6) is 0 Å². The number of para-hydroxylation sites is 2. The fraction of sp³-hybridized carbons (Fsp3) is 0.125. The summed E-state index contributed by atoms with van der Waals surface area (Å²) in [6, 6.07) is 12.0. The number of nitrogens with two attached hydrogens (primary N) is 1. The molecular weight excluding hydrogens is 340 g/mol. The molecule has 0 amide bonds. The van der Waals surface area contributed by atoms with Crippen molar-refractivity contribution in [3.05, 3.63) is 69.0 Å². The lowest BCUT2D eigenvalue weighted by Crippen LogP contribution is -1.96. The molecule has 0 radical (unpaired) electrons. The zero-order valence-corrected chi connectivity index (χ0v) is 14.3. The van der Waals surface area contributed by atoms with E-state index in [1.165, 1.54) is 4.70 Å². The zero-order chi connectivity index (χ0) is 16.8. The molecule has 0 fully saturated rings. The van der Waals surface area contributed by atoms with Gasteiger partial charge >= 0.3 is 0 Å². The van der Waals surface area contributed by atoms with E-state index in [-0.39, 0.29) is 0 Å². The first-order valence-corrected chi connectivity index (χ1v) is 8.92. The topological polar surface area (TPSA) is 101 Å². The number of azide groups is 1. The Hall–Kier alpha value is -2.51. The molecule has 2 N–H and O–H groups in total. The van der Waals surface area contributed by atoms with Crippen LogP contribution in [-0.2, 0) is 13.1 Å². The lowest BCUT2D eigenvalue weighted by atomic mass is 10.2. The standard InChI is InChI=1S/C8H6N4S.C8H8N2S/c9-12-11-4-6-2-1-3-7-8(6)10-5-13-7;9-4-6-2-1-3-7-8(6)10-5-11-7/h1-3,5H,4H2;1-3,5H,4,9H2. The van der Waals surface area contributed by atoms with Gasteiger partial charge < -0.3 is 5.73 Å². The van der Waals surface area contributed by atoms with Gasteiger partial charge in [0.2, 0.25) is 0 Å². The van der Waals surface area contributed by atoms with E-state index < -0.39 is 0 Å². The molecule has 120 valence electrons. The van der Waals surface area contributed by atoms with Crippen molar-refractivity contribution in [2.24, 2.45) is 10.8 Å². The van der Waals surface area contributed by atoms with E-state index in [1.807, 2.05) is 35.8 Å². The van der Waals surface area contributed by atoms with Gasteiger partial charge in [-0.05, 0) is 28.8 Å². The summed E-state index contributed by atoms with van der Waals surface area (Å²) in [6.07, 6.45) is 0. The molecule has 0 saturated heterocycles. The highest BCUT2D eigenvalue weighted by molar-refractivity contribution is 7.17. The lowest BCUT2D eigenvalue weighted by molar-refractivity contribution is 1.06.